The van der Waals surface area contributed by atoms with Gasteiger partial charge in [0.2, 0.25) is 0 Å². The average molecular weight is 175 g/mol. The molecule has 2 nitrogen and oxygen atoms in total. The van der Waals surface area contributed by atoms with Crippen molar-refractivity contribution in [3.63, 3.8) is 0 Å². The van der Waals surface area contributed by atoms with Gasteiger partial charge in [-0.1, -0.05) is 12.1 Å². The van der Waals surface area contributed by atoms with Crippen LogP contribution in [0.4, 0.5) is 4.39 Å². The second-order valence-electron chi connectivity index (χ2n) is 2.70. The number of fused-ring (bicyclic) bond motifs is 1. The van der Waals surface area contributed by atoms with Gasteiger partial charge in [0.05, 0.1) is 0 Å². The third kappa shape index (κ3) is 1.28. The number of aromatic nitrogens is 1. The number of hydrogen-bond donors (Lipinski definition) is 0. The number of pyridine rings is 1. The molecular formula is C10H6FNO. The normalized spacial score (nSPS) is 10.2. The molecule has 0 saturated carbocycles. The third-order valence-electron chi connectivity index (χ3n) is 1.82. The molecule has 1 heterocycles. The minimum absolute atomic E-state index is 0.299. The minimum atomic E-state index is -0.366. The molecule has 0 radical (unpaired) electrons. The number of rotatable bonds is 1. The zero-order valence-electron chi connectivity index (χ0n) is 6.70. The molecule has 0 fully saturated rings. The molecule has 0 spiro atoms. The summed E-state index contributed by atoms with van der Waals surface area (Å²) in [5.74, 6) is -0.366. The van der Waals surface area contributed by atoms with Crippen molar-refractivity contribution in [2.75, 3.05) is 0 Å². The molecule has 0 aliphatic heterocycles. The molecule has 2 aromatic rings. The molecule has 0 N–H and O–H groups in total. The van der Waals surface area contributed by atoms with E-state index in [1.54, 1.807) is 18.2 Å². The molecular weight excluding hydrogens is 169 g/mol. The average Bonchev–Trinajstić information content (AvgIpc) is 2.18. The fourth-order valence-electron chi connectivity index (χ4n) is 1.21. The molecule has 0 aliphatic carbocycles. The van der Waals surface area contributed by atoms with Gasteiger partial charge in [-0.3, -0.25) is 9.78 Å². The van der Waals surface area contributed by atoms with Gasteiger partial charge in [-0.15, -0.1) is 0 Å². The van der Waals surface area contributed by atoms with Crippen LogP contribution in [0.25, 0.3) is 10.9 Å². The Kier molecular flexibility index (Phi) is 1.77. The second-order valence-corrected chi connectivity index (χ2v) is 2.70. The lowest BCUT2D eigenvalue weighted by atomic mass is 10.2. The molecule has 0 atom stereocenters. The van der Waals surface area contributed by atoms with Gasteiger partial charge in [-0.2, -0.15) is 0 Å². The van der Waals surface area contributed by atoms with Crippen LogP contribution in [0.3, 0.4) is 0 Å². The Morgan fingerprint density at radius 3 is 3.00 bits per heavy atom. The monoisotopic (exact) mass is 175 g/mol. The van der Waals surface area contributed by atoms with Crippen LogP contribution >= 0.6 is 0 Å². The Hall–Kier alpha value is -1.77. The fraction of sp³-hybridized carbons (Fsp3) is 0. The maximum atomic E-state index is 13.1. The summed E-state index contributed by atoms with van der Waals surface area (Å²) in [4.78, 5) is 14.2. The molecule has 0 amide bonds. The van der Waals surface area contributed by atoms with Crippen molar-refractivity contribution in [2.24, 2.45) is 0 Å². The van der Waals surface area contributed by atoms with E-state index in [2.05, 4.69) is 4.98 Å². The minimum Gasteiger partial charge on any atom is -0.298 e. The first kappa shape index (κ1) is 7.86. The van der Waals surface area contributed by atoms with Gasteiger partial charge in [0, 0.05) is 17.1 Å². The Morgan fingerprint density at radius 1 is 1.38 bits per heavy atom. The van der Waals surface area contributed by atoms with Crippen LogP contribution in [0.1, 0.15) is 10.4 Å². The van der Waals surface area contributed by atoms with E-state index in [1.165, 1.54) is 12.3 Å². The molecule has 1 aromatic heterocycles. The molecule has 0 bridgehead atoms. The van der Waals surface area contributed by atoms with Crippen molar-refractivity contribution in [3.05, 3.63) is 41.8 Å². The molecule has 2 rings (SSSR count). The number of aldehydes is 1. The van der Waals surface area contributed by atoms with E-state index >= 15 is 0 Å². The van der Waals surface area contributed by atoms with Gasteiger partial charge in [-0.25, -0.2) is 4.39 Å². The Labute approximate surface area is 74.0 Å². The highest BCUT2D eigenvalue weighted by molar-refractivity contribution is 5.85. The number of para-hydroxylation sites is 1. The van der Waals surface area contributed by atoms with Gasteiger partial charge in [0.25, 0.3) is 0 Å². The summed E-state index contributed by atoms with van der Waals surface area (Å²) in [5.41, 5.74) is 0.756. The van der Waals surface area contributed by atoms with Gasteiger partial charge in [-0.05, 0) is 12.1 Å². The topological polar surface area (TPSA) is 30.0 Å². The predicted molar refractivity (Wildman–Crippen MR) is 47.1 cm³/mol. The first-order valence-electron chi connectivity index (χ1n) is 3.81. The molecule has 0 aliphatic rings. The van der Waals surface area contributed by atoms with E-state index in [-0.39, 0.29) is 5.82 Å². The summed E-state index contributed by atoms with van der Waals surface area (Å²) in [7, 11) is 0. The molecule has 0 saturated heterocycles. The molecule has 0 unspecified atom stereocenters. The maximum Gasteiger partial charge on any atom is 0.151 e. The van der Waals surface area contributed by atoms with Crippen molar-refractivity contribution in [3.8, 4) is 0 Å². The fourth-order valence-corrected chi connectivity index (χ4v) is 1.21. The summed E-state index contributed by atoms with van der Waals surface area (Å²) in [6.45, 7) is 0. The van der Waals surface area contributed by atoms with Crippen LogP contribution < -0.4 is 0 Å². The van der Waals surface area contributed by atoms with E-state index in [0.717, 1.165) is 0 Å². The van der Waals surface area contributed by atoms with Crippen molar-refractivity contribution < 1.29 is 9.18 Å². The Morgan fingerprint density at radius 2 is 2.23 bits per heavy atom. The largest absolute Gasteiger partial charge is 0.298 e. The van der Waals surface area contributed by atoms with Crippen LogP contribution in [-0.4, -0.2) is 11.3 Å². The number of nitrogens with zero attached hydrogens (tertiary/aromatic N) is 1. The summed E-state index contributed by atoms with van der Waals surface area (Å²) in [6.07, 6.45) is 2.05. The van der Waals surface area contributed by atoms with Crippen molar-refractivity contribution in [1.29, 1.82) is 0 Å². The number of halogens is 1. The SMILES string of the molecule is O=Cc1cnc2c(F)cccc2c1. The van der Waals surface area contributed by atoms with Crippen LogP contribution in [0.15, 0.2) is 30.5 Å². The molecule has 64 valence electrons. The van der Waals surface area contributed by atoms with E-state index in [4.69, 9.17) is 0 Å². The lowest BCUT2D eigenvalue weighted by molar-refractivity contribution is 0.112. The van der Waals surface area contributed by atoms with Gasteiger partial charge >= 0.3 is 0 Å². The standard InChI is InChI=1S/C10H6FNO/c11-9-3-1-2-8-4-7(6-13)5-12-10(8)9/h1-6H. The lowest BCUT2D eigenvalue weighted by Gasteiger charge is -1.97. The summed E-state index contributed by atoms with van der Waals surface area (Å²) < 4.78 is 13.1. The quantitative estimate of drug-likeness (QED) is 0.622. The summed E-state index contributed by atoms with van der Waals surface area (Å²) in [6, 6.07) is 6.26. The maximum absolute atomic E-state index is 13.1. The lowest BCUT2D eigenvalue weighted by Crippen LogP contribution is -1.87. The first-order valence-corrected chi connectivity index (χ1v) is 3.81. The smallest absolute Gasteiger partial charge is 0.151 e. The predicted octanol–water partition coefficient (Wildman–Crippen LogP) is 2.19. The van der Waals surface area contributed by atoms with E-state index < -0.39 is 0 Å². The number of carbonyl (C=O) groups excluding carboxylic acids is 1. The van der Waals surface area contributed by atoms with Crippen LogP contribution in [0, 0.1) is 5.82 Å². The Balaban J connectivity index is 2.79. The number of carbonyl (C=O) groups is 1. The Bertz CT molecular complexity index is 467. The highest BCUT2D eigenvalue weighted by Gasteiger charge is 2.01. The van der Waals surface area contributed by atoms with Crippen molar-refractivity contribution in [2.45, 2.75) is 0 Å². The van der Waals surface area contributed by atoms with Crippen LogP contribution in [-0.2, 0) is 0 Å². The van der Waals surface area contributed by atoms with Gasteiger partial charge < -0.3 is 0 Å². The molecule has 13 heavy (non-hydrogen) atoms. The number of hydrogen-bond acceptors (Lipinski definition) is 2. The number of benzene rings is 1. The molecule has 1 aromatic carbocycles. The van der Waals surface area contributed by atoms with Crippen molar-refractivity contribution in [1.82, 2.24) is 4.98 Å². The van der Waals surface area contributed by atoms with Gasteiger partial charge in [0.15, 0.2) is 6.29 Å². The second kappa shape index (κ2) is 2.94. The first-order chi connectivity index (χ1) is 6.31. The van der Waals surface area contributed by atoms with E-state index in [9.17, 15) is 9.18 Å². The van der Waals surface area contributed by atoms with E-state index in [1.807, 2.05) is 0 Å². The summed E-state index contributed by atoms with van der Waals surface area (Å²) >= 11 is 0. The highest BCUT2D eigenvalue weighted by atomic mass is 19.1. The van der Waals surface area contributed by atoms with E-state index in [0.29, 0.717) is 22.8 Å². The third-order valence-corrected chi connectivity index (χ3v) is 1.82. The highest BCUT2D eigenvalue weighted by Crippen LogP contribution is 2.15. The summed E-state index contributed by atoms with van der Waals surface area (Å²) in [5, 5.41) is 0.643. The van der Waals surface area contributed by atoms with Crippen LogP contribution in [0.5, 0.6) is 0 Å². The zero-order valence-corrected chi connectivity index (χ0v) is 6.70. The van der Waals surface area contributed by atoms with Gasteiger partial charge in [0.1, 0.15) is 11.3 Å². The van der Waals surface area contributed by atoms with Crippen LogP contribution in [0.2, 0.25) is 0 Å². The molecule has 3 heteroatoms. The zero-order chi connectivity index (χ0) is 9.26. The van der Waals surface area contributed by atoms with Crippen molar-refractivity contribution >= 4 is 17.2 Å².